The Balaban J connectivity index is 1.30. The summed E-state index contributed by atoms with van der Waals surface area (Å²) in [6.07, 6.45) is 0.633. The Labute approximate surface area is 187 Å². The van der Waals surface area contributed by atoms with Crippen molar-refractivity contribution >= 4 is 17.8 Å². The fourth-order valence-corrected chi connectivity index (χ4v) is 4.32. The van der Waals surface area contributed by atoms with Crippen LogP contribution >= 0.6 is 0 Å². The van der Waals surface area contributed by atoms with Gasteiger partial charge in [-0.2, -0.15) is 0 Å². The van der Waals surface area contributed by atoms with Gasteiger partial charge in [-0.25, -0.2) is 18.5 Å². The number of rotatable bonds is 4. The third kappa shape index (κ3) is 3.79. The number of hydrogen-bond acceptors (Lipinski definition) is 7. The average Bonchev–Trinajstić information content (AvgIpc) is 3.05. The van der Waals surface area contributed by atoms with Gasteiger partial charge in [0.1, 0.15) is 13.2 Å². The van der Waals surface area contributed by atoms with Gasteiger partial charge in [0.2, 0.25) is 5.92 Å². The first-order valence-electron chi connectivity index (χ1n) is 10.6. The van der Waals surface area contributed by atoms with Crippen LogP contribution in [0.25, 0.3) is 11.1 Å². The second-order valence-electron chi connectivity index (χ2n) is 8.32. The van der Waals surface area contributed by atoms with Crippen LogP contribution in [0.1, 0.15) is 36.0 Å². The monoisotopic (exact) mass is 458 g/mol. The summed E-state index contributed by atoms with van der Waals surface area (Å²) in [7, 11) is 0. The van der Waals surface area contributed by atoms with Crippen LogP contribution < -0.4 is 9.47 Å². The van der Waals surface area contributed by atoms with E-state index in [9.17, 15) is 23.2 Å². The summed E-state index contributed by atoms with van der Waals surface area (Å²) in [5, 5.41) is 0. The number of aromatic nitrogens is 1. The summed E-state index contributed by atoms with van der Waals surface area (Å²) < 4.78 is 43.4. The molecule has 2 aromatic rings. The Morgan fingerprint density at radius 1 is 1.00 bits per heavy atom. The standard InChI is InChI=1S/C23H20F2N2O6/c24-23(25)7-5-22(6-8-23)20(29)27(21(30)33-22)13-17(28)15-3-1-14(2-4-15)16-11-26-12-18-19(16)32-10-9-31-18/h1-4,11-12H,5-10,13H2. The van der Waals surface area contributed by atoms with Gasteiger partial charge in [0.05, 0.1) is 12.7 Å². The smallest absolute Gasteiger partial charge is 0.418 e. The molecule has 172 valence electrons. The van der Waals surface area contributed by atoms with Gasteiger partial charge in [0.25, 0.3) is 5.91 Å². The van der Waals surface area contributed by atoms with Gasteiger partial charge in [-0.1, -0.05) is 24.3 Å². The van der Waals surface area contributed by atoms with Crippen molar-refractivity contribution in [2.75, 3.05) is 19.8 Å². The first-order chi connectivity index (χ1) is 15.8. The Morgan fingerprint density at radius 3 is 2.42 bits per heavy atom. The van der Waals surface area contributed by atoms with Crippen LogP contribution in [-0.2, 0) is 9.53 Å². The molecule has 33 heavy (non-hydrogen) atoms. The van der Waals surface area contributed by atoms with Crippen molar-refractivity contribution in [2.45, 2.75) is 37.2 Å². The summed E-state index contributed by atoms with van der Waals surface area (Å²) in [6, 6.07) is 6.56. The zero-order valence-corrected chi connectivity index (χ0v) is 17.5. The molecule has 0 unspecified atom stereocenters. The number of ether oxygens (including phenoxy) is 3. The SMILES string of the molecule is O=C(CN1C(=O)OC2(CCC(F)(F)CC2)C1=O)c1ccc(-c2cncc3c2OCCO3)cc1. The number of Topliss-reactive ketones (excluding diaryl/α,β-unsaturated/α-hetero) is 1. The molecule has 2 fully saturated rings. The summed E-state index contributed by atoms with van der Waals surface area (Å²) >= 11 is 0. The lowest BCUT2D eigenvalue weighted by Crippen LogP contribution is -2.47. The number of carbonyl (C=O) groups excluding carboxylic acids is 3. The number of halogens is 2. The number of benzene rings is 1. The highest BCUT2D eigenvalue weighted by atomic mass is 19.3. The van der Waals surface area contributed by atoms with E-state index in [0.29, 0.717) is 35.2 Å². The average molecular weight is 458 g/mol. The predicted molar refractivity (Wildman–Crippen MR) is 109 cm³/mol. The Kier molecular flexibility index (Phi) is 5.02. The number of hydrogen-bond donors (Lipinski definition) is 0. The fourth-order valence-electron chi connectivity index (χ4n) is 4.32. The minimum absolute atomic E-state index is 0.259. The third-order valence-electron chi connectivity index (χ3n) is 6.20. The van der Waals surface area contributed by atoms with E-state index in [1.54, 1.807) is 36.7 Å². The molecule has 1 aromatic carbocycles. The van der Waals surface area contributed by atoms with E-state index in [-0.39, 0.29) is 18.4 Å². The molecule has 10 heteroatoms. The third-order valence-corrected chi connectivity index (χ3v) is 6.20. The molecule has 0 N–H and O–H groups in total. The maximum absolute atomic E-state index is 13.5. The van der Waals surface area contributed by atoms with E-state index < -0.39 is 48.7 Å². The number of ketones is 1. The van der Waals surface area contributed by atoms with Gasteiger partial charge in [0, 0.05) is 43.0 Å². The molecule has 8 nitrogen and oxygen atoms in total. The second kappa shape index (κ2) is 7.79. The van der Waals surface area contributed by atoms with Crippen LogP contribution in [0.2, 0.25) is 0 Å². The van der Waals surface area contributed by atoms with Gasteiger partial charge in [-0.3, -0.25) is 14.6 Å². The zero-order valence-electron chi connectivity index (χ0n) is 17.5. The van der Waals surface area contributed by atoms with Crippen molar-refractivity contribution in [1.82, 2.24) is 9.88 Å². The molecule has 5 rings (SSSR count). The van der Waals surface area contributed by atoms with Crippen molar-refractivity contribution in [2.24, 2.45) is 0 Å². The molecule has 1 saturated carbocycles. The molecule has 0 radical (unpaired) electrons. The minimum Gasteiger partial charge on any atom is -0.485 e. The molecule has 0 atom stereocenters. The minimum atomic E-state index is -2.88. The lowest BCUT2D eigenvalue weighted by molar-refractivity contribution is -0.146. The first-order valence-corrected chi connectivity index (χ1v) is 10.6. The van der Waals surface area contributed by atoms with E-state index in [1.165, 1.54) is 0 Å². The van der Waals surface area contributed by atoms with Crippen molar-refractivity contribution < 1.29 is 37.4 Å². The van der Waals surface area contributed by atoms with E-state index in [0.717, 1.165) is 5.56 Å². The maximum Gasteiger partial charge on any atom is 0.418 e. The summed E-state index contributed by atoms with van der Waals surface area (Å²) in [4.78, 5) is 42.7. The lowest BCUT2D eigenvalue weighted by atomic mass is 9.82. The molecule has 0 bridgehead atoms. The van der Waals surface area contributed by atoms with Gasteiger partial charge < -0.3 is 14.2 Å². The van der Waals surface area contributed by atoms with Crippen molar-refractivity contribution in [3.63, 3.8) is 0 Å². The van der Waals surface area contributed by atoms with E-state index in [1.807, 2.05) is 0 Å². The highest BCUT2D eigenvalue weighted by Crippen LogP contribution is 2.44. The molecular weight excluding hydrogens is 438 g/mol. The molecular formula is C23H20F2N2O6. The van der Waals surface area contributed by atoms with Gasteiger partial charge >= 0.3 is 6.09 Å². The molecule has 1 aliphatic carbocycles. The number of fused-ring (bicyclic) bond motifs is 1. The number of carbonyl (C=O) groups is 3. The normalized spacial score (nSPS) is 20.6. The summed E-state index contributed by atoms with van der Waals surface area (Å²) in [5.74, 6) is -2.97. The zero-order chi connectivity index (χ0) is 23.2. The second-order valence-corrected chi connectivity index (χ2v) is 8.32. The molecule has 3 heterocycles. The van der Waals surface area contributed by atoms with Crippen LogP contribution in [0, 0.1) is 0 Å². The van der Waals surface area contributed by atoms with Crippen molar-refractivity contribution in [1.29, 1.82) is 0 Å². The highest BCUT2D eigenvalue weighted by Gasteiger charge is 2.58. The van der Waals surface area contributed by atoms with Gasteiger partial charge in [-0.05, 0) is 5.56 Å². The molecule has 1 spiro atoms. The molecule has 3 aliphatic rings. The Hall–Kier alpha value is -3.56. The molecule has 2 aliphatic heterocycles. The van der Waals surface area contributed by atoms with Gasteiger partial charge in [0.15, 0.2) is 22.9 Å². The van der Waals surface area contributed by atoms with Crippen LogP contribution in [0.3, 0.4) is 0 Å². The Bertz CT molecular complexity index is 1120. The van der Waals surface area contributed by atoms with Gasteiger partial charge in [-0.15, -0.1) is 0 Å². The van der Waals surface area contributed by atoms with E-state index in [4.69, 9.17) is 14.2 Å². The van der Waals surface area contributed by atoms with Crippen LogP contribution in [0.15, 0.2) is 36.7 Å². The number of imide groups is 1. The summed E-state index contributed by atoms with van der Waals surface area (Å²) in [6.45, 7) is 0.334. The Morgan fingerprint density at radius 2 is 1.70 bits per heavy atom. The largest absolute Gasteiger partial charge is 0.485 e. The van der Waals surface area contributed by atoms with E-state index >= 15 is 0 Å². The molecule has 1 saturated heterocycles. The highest BCUT2D eigenvalue weighted by molar-refractivity contribution is 6.08. The topological polar surface area (TPSA) is 95.0 Å². The number of nitrogens with zero attached hydrogens (tertiary/aromatic N) is 2. The van der Waals surface area contributed by atoms with E-state index in [2.05, 4.69) is 4.98 Å². The summed E-state index contributed by atoms with van der Waals surface area (Å²) in [5.41, 5.74) is 0.149. The number of amides is 2. The lowest BCUT2D eigenvalue weighted by Gasteiger charge is -2.33. The first kappa shape index (κ1) is 21.3. The number of pyridine rings is 1. The number of alkyl halides is 2. The maximum atomic E-state index is 13.5. The quantitative estimate of drug-likeness (QED) is 0.646. The van der Waals surface area contributed by atoms with Crippen LogP contribution in [0.4, 0.5) is 13.6 Å². The molecule has 1 aromatic heterocycles. The fraction of sp³-hybridized carbons (Fsp3) is 0.391. The van der Waals surface area contributed by atoms with Crippen molar-refractivity contribution in [3.05, 3.63) is 42.2 Å². The van der Waals surface area contributed by atoms with Crippen LogP contribution in [-0.4, -0.2) is 58.9 Å². The van der Waals surface area contributed by atoms with Crippen LogP contribution in [0.5, 0.6) is 11.5 Å². The molecule has 2 amide bonds. The van der Waals surface area contributed by atoms with Crippen molar-refractivity contribution in [3.8, 4) is 22.6 Å². The predicted octanol–water partition coefficient (Wildman–Crippen LogP) is 3.63.